The number of hydrogen-bond donors (Lipinski definition) is 5. The molecule has 3 aliphatic rings. The number of nitriles is 1. The van der Waals surface area contributed by atoms with Gasteiger partial charge < -0.3 is 31.3 Å². The van der Waals surface area contributed by atoms with Crippen LogP contribution in [-0.4, -0.2) is 88.0 Å². The van der Waals surface area contributed by atoms with Crippen molar-refractivity contribution in [1.82, 2.24) is 26.2 Å². The standard InChI is InChI=1S/C32H41N7O7/c1-16(2)12-21-28(42)35-22(13-19-18-8-5-6-9-20(18)34-24(19)15-33)29(43)37-23(14-26(40)41)32(46)39-11-7-10-25(39)30(44)38-27(17(3)4)31(45)36-21/h5-6,8-9,16-17,19,21-23,25,27H,7,10-14H2,1-4H3,(H,35,42)(H,36,45)(H,37,43)(H,38,44)(H,40,41)/t19?,21-,22+,23+,25-,27+/m0/s1. The van der Waals surface area contributed by atoms with Crippen LogP contribution in [-0.2, 0) is 28.8 Å². The van der Waals surface area contributed by atoms with Crippen LogP contribution in [0.3, 0.4) is 0 Å². The van der Waals surface area contributed by atoms with E-state index in [-0.39, 0.29) is 43.4 Å². The number of fused-ring (bicyclic) bond motifs is 2. The van der Waals surface area contributed by atoms with Crippen LogP contribution in [0.5, 0.6) is 0 Å². The molecule has 3 heterocycles. The lowest BCUT2D eigenvalue weighted by Gasteiger charge is -2.30. The van der Waals surface area contributed by atoms with Gasteiger partial charge in [-0.05, 0) is 49.1 Å². The van der Waals surface area contributed by atoms with Gasteiger partial charge in [0, 0.05) is 12.5 Å². The lowest BCUT2D eigenvalue weighted by molar-refractivity contribution is -0.146. The van der Waals surface area contributed by atoms with Crippen molar-refractivity contribution in [3.63, 3.8) is 0 Å². The lowest BCUT2D eigenvalue weighted by Crippen LogP contribution is -2.59. The lowest BCUT2D eigenvalue weighted by atomic mass is 9.89. The molecule has 5 N–H and O–H groups in total. The normalized spacial score (nSPS) is 27.4. The molecular weight excluding hydrogens is 594 g/mol. The van der Waals surface area contributed by atoms with E-state index in [2.05, 4.69) is 32.3 Å². The largest absolute Gasteiger partial charge is 0.481 e. The predicted molar refractivity (Wildman–Crippen MR) is 166 cm³/mol. The molecule has 0 bridgehead atoms. The fourth-order valence-corrected chi connectivity index (χ4v) is 6.22. The van der Waals surface area contributed by atoms with Gasteiger partial charge in [-0.15, -0.1) is 0 Å². The third kappa shape index (κ3) is 7.70. The average molecular weight is 636 g/mol. The number of para-hydroxylation sites is 1. The molecule has 4 rings (SSSR count). The van der Waals surface area contributed by atoms with E-state index in [0.717, 1.165) is 0 Å². The second-order valence-electron chi connectivity index (χ2n) is 12.8. The maximum Gasteiger partial charge on any atom is 0.305 e. The van der Waals surface area contributed by atoms with Crippen LogP contribution in [0, 0.1) is 23.2 Å². The van der Waals surface area contributed by atoms with Crippen LogP contribution in [0.4, 0.5) is 5.69 Å². The number of rotatable bonds is 7. The van der Waals surface area contributed by atoms with E-state index in [0.29, 0.717) is 17.7 Å². The first-order chi connectivity index (χ1) is 21.8. The summed E-state index contributed by atoms with van der Waals surface area (Å²) in [6.07, 6.45) is 0.0604. The summed E-state index contributed by atoms with van der Waals surface area (Å²) < 4.78 is 0. The number of aliphatic imine (C=N–C) groups is 1. The number of carbonyl (C=O) groups is 6. The van der Waals surface area contributed by atoms with Crippen LogP contribution in [0.15, 0.2) is 29.3 Å². The van der Waals surface area contributed by atoms with Crippen molar-refractivity contribution in [2.75, 3.05) is 6.54 Å². The smallest absolute Gasteiger partial charge is 0.305 e. The molecule has 2 saturated heterocycles. The quantitative estimate of drug-likeness (QED) is 0.290. The first-order valence-corrected chi connectivity index (χ1v) is 15.6. The minimum atomic E-state index is -1.55. The molecule has 5 amide bonds. The number of carbonyl (C=O) groups excluding carboxylic acids is 5. The average Bonchev–Trinajstić information content (AvgIpc) is 3.62. The molecule has 1 unspecified atom stereocenters. The summed E-state index contributed by atoms with van der Waals surface area (Å²) in [6.45, 7) is 7.36. The Hall–Kier alpha value is -4.80. The highest BCUT2D eigenvalue weighted by Gasteiger charge is 2.42. The first kappa shape index (κ1) is 34.1. The van der Waals surface area contributed by atoms with Gasteiger partial charge in [-0.3, -0.25) is 28.8 Å². The Balaban J connectivity index is 1.77. The highest BCUT2D eigenvalue weighted by Crippen LogP contribution is 2.38. The van der Waals surface area contributed by atoms with Gasteiger partial charge in [-0.1, -0.05) is 45.9 Å². The highest BCUT2D eigenvalue weighted by atomic mass is 16.4. The summed E-state index contributed by atoms with van der Waals surface area (Å²) >= 11 is 0. The van der Waals surface area contributed by atoms with E-state index in [1.54, 1.807) is 38.1 Å². The molecule has 246 valence electrons. The molecule has 0 radical (unpaired) electrons. The molecule has 1 aromatic rings. The second kappa shape index (κ2) is 14.5. The van der Waals surface area contributed by atoms with Gasteiger partial charge in [-0.25, -0.2) is 4.99 Å². The Morgan fingerprint density at radius 3 is 2.26 bits per heavy atom. The molecule has 14 heteroatoms. The summed E-state index contributed by atoms with van der Waals surface area (Å²) in [7, 11) is 0. The zero-order valence-electron chi connectivity index (χ0n) is 26.4. The van der Waals surface area contributed by atoms with E-state index in [1.807, 2.05) is 13.8 Å². The molecule has 2 fully saturated rings. The van der Waals surface area contributed by atoms with Crippen molar-refractivity contribution in [2.24, 2.45) is 16.8 Å². The van der Waals surface area contributed by atoms with Crippen molar-refractivity contribution < 1.29 is 33.9 Å². The van der Waals surface area contributed by atoms with Gasteiger partial charge in [-0.2, -0.15) is 5.26 Å². The molecule has 1 aromatic carbocycles. The molecular formula is C32H41N7O7. The Morgan fingerprint density at radius 1 is 0.957 bits per heavy atom. The summed E-state index contributed by atoms with van der Waals surface area (Å²) in [5.74, 6) is -5.94. The topological polar surface area (TPSA) is 210 Å². The van der Waals surface area contributed by atoms with E-state index >= 15 is 0 Å². The number of amides is 5. The van der Waals surface area contributed by atoms with Crippen molar-refractivity contribution in [2.45, 2.75) is 95.9 Å². The maximum atomic E-state index is 13.9. The molecule has 14 nitrogen and oxygen atoms in total. The van der Waals surface area contributed by atoms with Crippen LogP contribution in [0.25, 0.3) is 0 Å². The summed E-state index contributed by atoms with van der Waals surface area (Å²) in [6, 6.07) is 3.08. The van der Waals surface area contributed by atoms with Gasteiger partial charge in [0.15, 0.2) is 0 Å². The second-order valence-corrected chi connectivity index (χ2v) is 12.8. The fraction of sp³-hybridized carbons (Fsp3) is 0.562. The van der Waals surface area contributed by atoms with Crippen LogP contribution < -0.4 is 21.3 Å². The Kier molecular flexibility index (Phi) is 10.8. The molecule has 3 aliphatic heterocycles. The number of hydrogen-bond acceptors (Lipinski definition) is 8. The molecule has 46 heavy (non-hydrogen) atoms. The van der Waals surface area contributed by atoms with Gasteiger partial charge in [0.1, 0.15) is 42.0 Å². The van der Waals surface area contributed by atoms with Gasteiger partial charge >= 0.3 is 5.97 Å². The van der Waals surface area contributed by atoms with E-state index in [9.17, 15) is 39.1 Å². The number of nitrogens with zero attached hydrogens (tertiary/aromatic N) is 3. The molecule has 0 aromatic heterocycles. The number of benzene rings is 1. The summed E-state index contributed by atoms with van der Waals surface area (Å²) in [4.78, 5) is 86.0. The summed E-state index contributed by atoms with van der Waals surface area (Å²) in [5.41, 5.74) is 1.36. The third-order valence-corrected chi connectivity index (χ3v) is 8.52. The third-order valence-electron chi connectivity index (χ3n) is 8.52. The fourth-order valence-electron chi connectivity index (χ4n) is 6.22. The van der Waals surface area contributed by atoms with E-state index in [4.69, 9.17) is 0 Å². The molecule has 0 spiro atoms. The summed E-state index contributed by atoms with van der Waals surface area (Å²) in [5, 5.41) is 30.2. The molecule has 0 aliphatic carbocycles. The zero-order valence-corrected chi connectivity index (χ0v) is 26.4. The zero-order chi connectivity index (χ0) is 33.7. The van der Waals surface area contributed by atoms with Crippen molar-refractivity contribution in [3.05, 3.63) is 29.8 Å². The van der Waals surface area contributed by atoms with Gasteiger partial charge in [0.2, 0.25) is 29.5 Å². The van der Waals surface area contributed by atoms with Gasteiger partial charge in [0.05, 0.1) is 12.1 Å². The van der Waals surface area contributed by atoms with E-state index in [1.165, 1.54) is 4.90 Å². The number of carboxylic acid groups (broad SMARTS) is 1. The van der Waals surface area contributed by atoms with Crippen LogP contribution in [0.2, 0.25) is 0 Å². The molecule has 0 saturated carbocycles. The minimum absolute atomic E-state index is 0.0545. The van der Waals surface area contributed by atoms with Crippen LogP contribution >= 0.6 is 0 Å². The first-order valence-electron chi connectivity index (χ1n) is 15.6. The number of aliphatic carboxylic acids is 1. The van der Waals surface area contributed by atoms with Crippen molar-refractivity contribution in [3.8, 4) is 6.07 Å². The molecule has 6 atom stereocenters. The SMILES string of the molecule is CC(C)C[C@@H]1NC(=O)[C@@H](C(C)C)NC(=O)[C@@H]2CCCN2C(=O)[C@@H](CC(=O)O)NC(=O)[C@@H](CC2C(C#N)=Nc3ccccc32)NC1=O. The van der Waals surface area contributed by atoms with E-state index < -0.39 is 78.1 Å². The van der Waals surface area contributed by atoms with Crippen LogP contribution in [0.1, 0.15) is 71.3 Å². The van der Waals surface area contributed by atoms with Crippen molar-refractivity contribution in [1.29, 1.82) is 5.26 Å². The maximum absolute atomic E-state index is 13.9. The van der Waals surface area contributed by atoms with Gasteiger partial charge in [0.25, 0.3) is 0 Å². The minimum Gasteiger partial charge on any atom is -0.481 e. The van der Waals surface area contributed by atoms with Crippen molar-refractivity contribution >= 4 is 46.9 Å². The Bertz CT molecular complexity index is 1470. The Labute approximate surface area is 267 Å². The number of nitrogens with one attached hydrogen (secondary N) is 4. The Morgan fingerprint density at radius 2 is 1.61 bits per heavy atom. The monoisotopic (exact) mass is 635 g/mol. The number of carboxylic acids is 1. The highest BCUT2D eigenvalue weighted by molar-refractivity contribution is 6.09. The predicted octanol–water partition coefficient (Wildman–Crippen LogP) is 0.891.